The summed E-state index contributed by atoms with van der Waals surface area (Å²) < 4.78 is 5.06. The van der Waals surface area contributed by atoms with Crippen LogP contribution in [0, 0.1) is 0 Å². The first-order valence-electron chi connectivity index (χ1n) is 3.23. The molecule has 0 aromatic rings. The lowest BCUT2D eigenvalue weighted by atomic mass is 10.1. The number of ether oxygens (including phenoxy) is 1. The van der Waals surface area contributed by atoms with Crippen LogP contribution in [-0.2, 0) is 9.53 Å². The lowest BCUT2D eigenvalue weighted by Gasteiger charge is -2.12. The molecule has 1 unspecified atom stereocenters. The molecule has 1 atom stereocenters. The Morgan fingerprint density at radius 1 is 1.70 bits per heavy atom. The van der Waals surface area contributed by atoms with Gasteiger partial charge in [0.25, 0.3) is 0 Å². The molecule has 3 heteroatoms. The van der Waals surface area contributed by atoms with Crippen molar-refractivity contribution in [3.63, 3.8) is 0 Å². The quantitative estimate of drug-likeness (QED) is 0.486. The van der Waals surface area contributed by atoms with Crippen LogP contribution in [0.2, 0.25) is 0 Å². The highest BCUT2D eigenvalue weighted by Gasteiger charge is 2.18. The van der Waals surface area contributed by atoms with Crippen molar-refractivity contribution < 1.29 is 14.6 Å². The lowest BCUT2D eigenvalue weighted by Crippen LogP contribution is -2.29. The second-order valence-electron chi connectivity index (χ2n) is 2.31. The van der Waals surface area contributed by atoms with Gasteiger partial charge >= 0.3 is 0 Å². The molecule has 0 spiro atoms. The van der Waals surface area contributed by atoms with Crippen molar-refractivity contribution in [1.82, 2.24) is 0 Å². The highest BCUT2D eigenvalue weighted by Crippen LogP contribution is 2.17. The van der Waals surface area contributed by atoms with Gasteiger partial charge in [0.1, 0.15) is 0 Å². The summed E-state index contributed by atoms with van der Waals surface area (Å²) in [6.45, 7) is 3.99. The van der Waals surface area contributed by atoms with E-state index in [1.165, 1.54) is 0 Å². The number of hydrogen-bond acceptors (Lipinski definition) is 3. The first-order chi connectivity index (χ1) is 4.72. The van der Waals surface area contributed by atoms with Crippen LogP contribution in [0.3, 0.4) is 0 Å². The van der Waals surface area contributed by atoms with E-state index in [2.05, 4.69) is 6.58 Å². The van der Waals surface area contributed by atoms with Crippen LogP contribution in [0.5, 0.6) is 0 Å². The average Bonchev–Trinajstić information content (AvgIpc) is 2.36. The van der Waals surface area contributed by atoms with E-state index in [9.17, 15) is 9.90 Å². The Hall–Kier alpha value is -0.830. The molecule has 1 aliphatic heterocycles. The Kier molecular flexibility index (Phi) is 2.06. The molecule has 0 saturated carbocycles. The van der Waals surface area contributed by atoms with Gasteiger partial charge in [0.15, 0.2) is 0 Å². The van der Waals surface area contributed by atoms with Crippen LogP contribution in [0.1, 0.15) is 12.8 Å². The molecule has 3 nitrogen and oxygen atoms in total. The monoisotopic (exact) mass is 141 g/mol. The van der Waals surface area contributed by atoms with E-state index < -0.39 is 5.97 Å². The first kappa shape index (κ1) is 7.28. The zero-order chi connectivity index (χ0) is 7.56. The molecule has 1 aliphatic rings. The third-order valence-electron chi connectivity index (χ3n) is 1.58. The topological polar surface area (TPSA) is 49.4 Å². The van der Waals surface area contributed by atoms with Crippen molar-refractivity contribution in [3.8, 4) is 0 Å². The Labute approximate surface area is 59.3 Å². The van der Waals surface area contributed by atoms with Gasteiger partial charge in [0.05, 0.1) is 12.1 Å². The van der Waals surface area contributed by atoms with E-state index in [4.69, 9.17) is 4.74 Å². The maximum atomic E-state index is 10.2. The van der Waals surface area contributed by atoms with Crippen LogP contribution >= 0.6 is 0 Å². The van der Waals surface area contributed by atoms with Crippen molar-refractivity contribution in [2.24, 2.45) is 0 Å². The summed E-state index contributed by atoms with van der Waals surface area (Å²) >= 11 is 0. The molecule has 56 valence electrons. The normalized spacial score (nSPS) is 24.6. The van der Waals surface area contributed by atoms with Crippen LogP contribution in [-0.4, -0.2) is 18.7 Å². The van der Waals surface area contributed by atoms with Crippen molar-refractivity contribution in [2.75, 3.05) is 6.61 Å². The molecule has 1 saturated heterocycles. The number of carbonyl (C=O) groups is 1. The van der Waals surface area contributed by atoms with E-state index in [0.29, 0.717) is 6.61 Å². The SMILES string of the molecule is C=C(C(=O)[O-])C1CCCO1. The molecular weight excluding hydrogens is 132 g/mol. The summed E-state index contributed by atoms with van der Waals surface area (Å²) in [6, 6.07) is 0. The number of hydrogen-bond donors (Lipinski definition) is 0. The minimum Gasteiger partial charge on any atom is -0.545 e. The van der Waals surface area contributed by atoms with Gasteiger partial charge in [0.2, 0.25) is 0 Å². The predicted octanol–water partition coefficient (Wildman–Crippen LogP) is -0.529. The third kappa shape index (κ3) is 1.36. The van der Waals surface area contributed by atoms with Gasteiger partial charge in [-0.3, -0.25) is 0 Å². The zero-order valence-corrected chi connectivity index (χ0v) is 5.63. The van der Waals surface area contributed by atoms with Crippen LogP contribution in [0.15, 0.2) is 12.2 Å². The molecular formula is C7H9O3-. The Morgan fingerprint density at radius 2 is 2.40 bits per heavy atom. The second kappa shape index (κ2) is 2.84. The fourth-order valence-electron chi connectivity index (χ4n) is 0.984. The molecule has 0 aliphatic carbocycles. The average molecular weight is 141 g/mol. The summed E-state index contributed by atoms with van der Waals surface area (Å²) in [5, 5.41) is 10.2. The van der Waals surface area contributed by atoms with E-state index in [-0.39, 0.29) is 11.7 Å². The number of carbonyl (C=O) groups excluding carboxylic acids is 1. The zero-order valence-electron chi connectivity index (χ0n) is 5.63. The fraction of sp³-hybridized carbons (Fsp3) is 0.571. The summed E-state index contributed by atoms with van der Waals surface area (Å²) in [6.07, 6.45) is 1.37. The lowest BCUT2D eigenvalue weighted by molar-refractivity contribution is -0.300. The number of rotatable bonds is 2. The summed E-state index contributed by atoms with van der Waals surface area (Å²) in [5.74, 6) is -1.20. The minimum absolute atomic E-state index is 0.0671. The Balaban J connectivity index is 2.48. The van der Waals surface area contributed by atoms with Gasteiger partial charge in [-0.25, -0.2) is 0 Å². The molecule has 0 bridgehead atoms. The number of aliphatic carboxylic acids is 1. The van der Waals surface area contributed by atoms with Crippen molar-refractivity contribution >= 4 is 5.97 Å². The summed E-state index contributed by atoms with van der Waals surface area (Å²) in [4.78, 5) is 10.2. The maximum absolute atomic E-state index is 10.2. The van der Waals surface area contributed by atoms with E-state index in [0.717, 1.165) is 12.8 Å². The van der Waals surface area contributed by atoms with Gasteiger partial charge < -0.3 is 14.6 Å². The van der Waals surface area contributed by atoms with Crippen molar-refractivity contribution in [3.05, 3.63) is 12.2 Å². The van der Waals surface area contributed by atoms with E-state index >= 15 is 0 Å². The maximum Gasteiger partial charge on any atom is 0.0837 e. The molecule has 1 heterocycles. The molecule has 10 heavy (non-hydrogen) atoms. The highest BCUT2D eigenvalue weighted by atomic mass is 16.5. The minimum atomic E-state index is -1.20. The van der Waals surface area contributed by atoms with Gasteiger partial charge in [-0.1, -0.05) is 6.58 Å². The highest BCUT2D eigenvalue weighted by molar-refractivity contribution is 5.85. The smallest absolute Gasteiger partial charge is 0.0837 e. The standard InChI is InChI=1S/C7H10O3/c1-5(7(8)9)6-3-2-4-10-6/h6H,1-4H2,(H,8,9)/p-1. The molecule has 0 aromatic carbocycles. The molecule has 0 aromatic heterocycles. The van der Waals surface area contributed by atoms with Gasteiger partial charge in [-0.2, -0.15) is 0 Å². The molecule has 1 fully saturated rings. The number of carboxylic acid groups (broad SMARTS) is 1. The Morgan fingerprint density at radius 3 is 2.80 bits per heavy atom. The largest absolute Gasteiger partial charge is 0.545 e. The van der Waals surface area contributed by atoms with Crippen molar-refractivity contribution in [2.45, 2.75) is 18.9 Å². The molecule has 0 radical (unpaired) electrons. The molecule has 0 N–H and O–H groups in total. The van der Waals surface area contributed by atoms with E-state index in [1.807, 2.05) is 0 Å². The predicted molar refractivity (Wildman–Crippen MR) is 33.1 cm³/mol. The van der Waals surface area contributed by atoms with Gasteiger partial charge in [-0.05, 0) is 18.4 Å². The summed E-state index contributed by atoms with van der Waals surface area (Å²) in [5.41, 5.74) is 0.0671. The molecule has 0 amide bonds. The number of carboxylic acids is 1. The Bertz CT molecular complexity index is 156. The van der Waals surface area contributed by atoms with Gasteiger partial charge in [0, 0.05) is 6.61 Å². The van der Waals surface area contributed by atoms with Crippen molar-refractivity contribution in [1.29, 1.82) is 0 Å². The molecule has 1 rings (SSSR count). The third-order valence-corrected chi connectivity index (χ3v) is 1.58. The van der Waals surface area contributed by atoms with Gasteiger partial charge in [-0.15, -0.1) is 0 Å². The second-order valence-corrected chi connectivity index (χ2v) is 2.31. The van der Waals surface area contributed by atoms with Crippen LogP contribution in [0.4, 0.5) is 0 Å². The summed E-state index contributed by atoms with van der Waals surface area (Å²) in [7, 11) is 0. The van der Waals surface area contributed by atoms with Crippen LogP contribution in [0.25, 0.3) is 0 Å². The fourth-order valence-corrected chi connectivity index (χ4v) is 0.984. The van der Waals surface area contributed by atoms with E-state index in [1.54, 1.807) is 0 Å². The first-order valence-corrected chi connectivity index (χ1v) is 3.23. The van der Waals surface area contributed by atoms with Crippen LogP contribution < -0.4 is 5.11 Å².